The fraction of sp³-hybridized carbons (Fsp3) is 0.0909. The molecule has 0 saturated carbocycles. The smallest absolute Gasteiger partial charge is 0.0653 e. The zero-order chi connectivity index (χ0) is 10.8. The molecule has 0 nitrogen and oxygen atoms in total. The molecule has 0 saturated heterocycles. The molecule has 0 amide bonds. The Hall–Kier alpha value is -0.0200. The van der Waals surface area contributed by atoms with Crippen LogP contribution in [0, 0.1) is 0 Å². The van der Waals surface area contributed by atoms with Crippen LogP contribution in [-0.4, -0.2) is 0 Å². The van der Waals surface area contributed by atoms with Gasteiger partial charge < -0.3 is 0 Å². The molecule has 15 heavy (non-hydrogen) atoms. The van der Waals surface area contributed by atoms with E-state index in [4.69, 9.17) is 23.2 Å². The van der Waals surface area contributed by atoms with E-state index in [9.17, 15) is 0 Å². The monoisotopic (exact) mass is 320 g/mol. The van der Waals surface area contributed by atoms with Gasteiger partial charge in [-0.1, -0.05) is 45.2 Å². The van der Waals surface area contributed by atoms with Gasteiger partial charge in [0.15, 0.2) is 0 Å². The van der Waals surface area contributed by atoms with Crippen LogP contribution in [0.4, 0.5) is 0 Å². The molecule has 0 bridgehead atoms. The molecule has 78 valence electrons. The zero-order valence-corrected chi connectivity index (χ0v) is 11.5. The summed E-state index contributed by atoms with van der Waals surface area (Å²) in [6.45, 7) is 0. The lowest BCUT2D eigenvalue weighted by Gasteiger charge is -2.09. The van der Waals surface area contributed by atoms with Crippen molar-refractivity contribution in [2.45, 2.75) is 4.83 Å². The van der Waals surface area contributed by atoms with E-state index < -0.39 is 0 Å². The number of benzene rings is 1. The predicted octanol–water partition coefficient (Wildman–Crippen LogP) is 5.54. The summed E-state index contributed by atoms with van der Waals surface area (Å²) in [6.07, 6.45) is 0. The normalized spacial score (nSPS) is 12.7. The van der Waals surface area contributed by atoms with Gasteiger partial charge >= 0.3 is 0 Å². The summed E-state index contributed by atoms with van der Waals surface area (Å²) >= 11 is 17.2. The zero-order valence-electron chi connectivity index (χ0n) is 7.58. The van der Waals surface area contributed by atoms with Crippen molar-refractivity contribution < 1.29 is 0 Å². The minimum atomic E-state index is 0.179. The van der Waals surface area contributed by atoms with E-state index in [0.29, 0.717) is 10.0 Å². The maximum Gasteiger partial charge on any atom is 0.0653 e. The van der Waals surface area contributed by atoms with Crippen molar-refractivity contribution in [3.8, 4) is 0 Å². The Morgan fingerprint density at radius 1 is 1.07 bits per heavy atom. The van der Waals surface area contributed by atoms with Crippen LogP contribution in [0.1, 0.15) is 16.0 Å². The van der Waals surface area contributed by atoms with Crippen molar-refractivity contribution >= 4 is 50.5 Å². The number of hydrogen-bond acceptors (Lipinski definition) is 1. The highest BCUT2D eigenvalue weighted by Crippen LogP contribution is 2.34. The quantitative estimate of drug-likeness (QED) is 0.637. The summed E-state index contributed by atoms with van der Waals surface area (Å²) in [5, 5.41) is 5.35. The molecule has 1 unspecified atom stereocenters. The average molecular weight is 322 g/mol. The molecule has 1 heterocycles. The Bertz CT molecular complexity index is 454. The van der Waals surface area contributed by atoms with Crippen LogP contribution >= 0.6 is 50.5 Å². The van der Waals surface area contributed by atoms with Crippen LogP contribution in [0.3, 0.4) is 0 Å². The fourth-order valence-electron chi connectivity index (χ4n) is 1.28. The predicted molar refractivity (Wildman–Crippen MR) is 71.6 cm³/mol. The second-order valence-corrected chi connectivity index (χ2v) is 5.60. The van der Waals surface area contributed by atoms with Crippen molar-refractivity contribution in [2.24, 2.45) is 0 Å². The molecule has 0 aliphatic carbocycles. The molecule has 1 aromatic carbocycles. The van der Waals surface area contributed by atoms with Crippen LogP contribution in [-0.2, 0) is 0 Å². The topological polar surface area (TPSA) is 0 Å². The summed E-state index contributed by atoms with van der Waals surface area (Å²) in [5.41, 5.74) is 2.35. The first-order chi connectivity index (χ1) is 7.18. The molecular weight excluding hydrogens is 315 g/mol. The molecule has 0 N–H and O–H groups in total. The molecular formula is C11H7BrCl2S. The molecule has 0 fully saturated rings. The average Bonchev–Trinajstić information content (AvgIpc) is 2.74. The highest BCUT2D eigenvalue weighted by molar-refractivity contribution is 9.09. The molecule has 0 spiro atoms. The van der Waals surface area contributed by atoms with Crippen LogP contribution in [0.15, 0.2) is 35.0 Å². The number of alkyl halides is 1. The summed E-state index contributed by atoms with van der Waals surface area (Å²) in [4.78, 5) is 0.179. The van der Waals surface area contributed by atoms with Crippen molar-refractivity contribution in [1.29, 1.82) is 0 Å². The second-order valence-electron chi connectivity index (χ2n) is 3.09. The Morgan fingerprint density at radius 3 is 2.47 bits per heavy atom. The van der Waals surface area contributed by atoms with Crippen molar-refractivity contribution in [2.75, 3.05) is 0 Å². The number of thiophene rings is 1. The first-order valence-electron chi connectivity index (χ1n) is 4.29. The second kappa shape index (κ2) is 4.88. The lowest BCUT2D eigenvalue weighted by Crippen LogP contribution is -1.90. The van der Waals surface area contributed by atoms with Gasteiger partial charge in [-0.3, -0.25) is 0 Å². The summed E-state index contributed by atoms with van der Waals surface area (Å²) in [6, 6.07) is 7.78. The Labute approximate surface area is 111 Å². The molecule has 2 rings (SSSR count). The number of halogens is 3. The number of rotatable bonds is 2. The molecule has 0 aliphatic heterocycles. The highest BCUT2D eigenvalue weighted by Gasteiger charge is 2.11. The van der Waals surface area contributed by atoms with E-state index in [2.05, 4.69) is 32.8 Å². The first-order valence-corrected chi connectivity index (χ1v) is 6.91. The summed E-state index contributed by atoms with van der Waals surface area (Å²) < 4.78 is 0. The third-order valence-corrected chi connectivity index (χ3v) is 4.57. The molecule has 1 atom stereocenters. The summed E-state index contributed by atoms with van der Waals surface area (Å²) in [5.74, 6) is 0. The van der Waals surface area contributed by atoms with E-state index in [1.165, 1.54) is 5.56 Å². The van der Waals surface area contributed by atoms with Gasteiger partial charge in [-0.25, -0.2) is 0 Å². The molecule has 0 aliphatic rings. The van der Waals surface area contributed by atoms with E-state index in [0.717, 1.165) is 5.56 Å². The minimum Gasteiger partial charge on any atom is -0.152 e. The fourth-order valence-corrected chi connectivity index (χ4v) is 3.02. The largest absolute Gasteiger partial charge is 0.152 e. The molecule has 4 heteroatoms. The summed E-state index contributed by atoms with van der Waals surface area (Å²) in [7, 11) is 0. The third kappa shape index (κ3) is 2.56. The van der Waals surface area contributed by atoms with Gasteiger partial charge in [0.05, 0.1) is 14.9 Å². The van der Waals surface area contributed by atoms with E-state index in [1.54, 1.807) is 11.3 Å². The molecule has 2 aromatic rings. The van der Waals surface area contributed by atoms with Crippen molar-refractivity contribution in [1.82, 2.24) is 0 Å². The lowest BCUT2D eigenvalue weighted by atomic mass is 10.1. The first kappa shape index (κ1) is 11.5. The van der Waals surface area contributed by atoms with Crippen molar-refractivity contribution in [3.63, 3.8) is 0 Å². The van der Waals surface area contributed by atoms with E-state index in [-0.39, 0.29) is 4.83 Å². The van der Waals surface area contributed by atoms with Crippen molar-refractivity contribution in [3.05, 3.63) is 56.2 Å². The SMILES string of the molecule is Clc1ccc(C(Br)c2ccsc2)cc1Cl. The Balaban J connectivity index is 2.34. The minimum absolute atomic E-state index is 0.179. The van der Waals surface area contributed by atoms with Crippen LogP contribution in [0.25, 0.3) is 0 Å². The Morgan fingerprint density at radius 2 is 1.87 bits per heavy atom. The van der Waals surface area contributed by atoms with Gasteiger partial charge in [0.1, 0.15) is 0 Å². The van der Waals surface area contributed by atoms with Gasteiger partial charge in [-0.05, 0) is 40.1 Å². The van der Waals surface area contributed by atoms with Gasteiger partial charge in [0, 0.05) is 0 Å². The lowest BCUT2D eigenvalue weighted by molar-refractivity contribution is 1.19. The standard InChI is InChI=1S/C11H7BrCl2S/c12-11(8-3-4-15-6-8)7-1-2-9(13)10(14)5-7/h1-6,11H. The highest BCUT2D eigenvalue weighted by atomic mass is 79.9. The van der Waals surface area contributed by atoms with E-state index >= 15 is 0 Å². The van der Waals surface area contributed by atoms with Gasteiger partial charge in [0.25, 0.3) is 0 Å². The Kier molecular flexibility index (Phi) is 3.73. The van der Waals surface area contributed by atoms with Gasteiger partial charge in [-0.2, -0.15) is 11.3 Å². The molecule has 0 radical (unpaired) electrons. The van der Waals surface area contributed by atoms with Gasteiger partial charge in [-0.15, -0.1) is 0 Å². The van der Waals surface area contributed by atoms with Gasteiger partial charge in [0.2, 0.25) is 0 Å². The number of hydrogen-bond donors (Lipinski definition) is 0. The maximum absolute atomic E-state index is 5.97. The molecule has 1 aromatic heterocycles. The third-order valence-electron chi connectivity index (χ3n) is 2.07. The maximum atomic E-state index is 5.97. The van der Waals surface area contributed by atoms with Crippen LogP contribution in [0.5, 0.6) is 0 Å². The van der Waals surface area contributed by atoms with E-state index in [1.807, 2.05) is 18.2 Å². The van der Waals surface area contributed by atoms with Crippen LogP contribution in [0.2, 0.25) is 10.0 Å². The van der Waals surface area contributed by atoms with Crippen LogP contribution < -0.4 is 0 Å².